The second-order valence-electron chi connectivity index (χ2n) is 5.53. The second-order valence-corrected chi connectivity index (χ2v) is 5.53. The SMILES string of the molecule is Cc1ccc(NC(=O)C2CCCCCC2)c(C(=O)O)c1. The number of anilines is 1. The Morgan fingerprint density at radius 3 is 2.40 bits per heavy atom. The topological polar surface area (TPSA) is 66.4 Å². The number of amides is 1. The number of aryl methyl sites for hydroxylation is 1. The van der Waals surface area contributed by atoms with Crippen molar-refractivity contribution < 1.29 is 14.7 Å². The van der Waals surface area contributed by atoms with Crippen molar-refractivity contribution in [1.29, 1.82) is 0 Å². The van der Waals surface area contributed by atoms with Gasteiger partial charge < -0.3 is 10.4 Å². The molecule has 0 radical (unpaired) electrons. The summed E-state index contributed by atoms with van der Waals surface area (Å²) in [6.07, 6.45) is 6.35. The van der Waals surface area contributed by atoms with Crippen LogP contribution in [0.5, 0.6) is 0 Å². The van der Waals surface area contributed by atoms with Crippen molar-refractivity contribution >= 4 is 17.6 Å². The van der Waals surface area contributed by atoms with Crippen molar-refractivity contribution in [2.24, 2.45) is 5.92 Å². The summed E-state index contributed by atoms with van der Waals surface area (Å²) in [6.45, 7) is 1.84. The average Bonchev–Trinajstić information content (AvgIpc) is 2.69. The van der Waals surface area contributed by atoms with Crippen LogP contribution in [-0.2, 0) is 4.79 Å². The van der Waals surface area contributed by atoms with E-state index < -0.39 is 5.97 Å². The third-order valence-electron chi connectivity index (χ3n) is 3.89. The van der Waals surface area contributed by atoms with Gasteiger partial charge in [-0.05, 0) is 31.9 Å². The molecule has 0 saturated heterocycles. The van der Waals surface area contributed by atoms with Gasteiger partial charge in [-0.3, -0.25) is 4.79 Å². The summed E-state index contributed by atoms with van der Waals surface area (Å²) in [5, 5.41) is 12.0. The predicted molar refractivity (Wildman–Crippen MR) is 78.0 cm³/mol. The third kappa shape index (κ3) is 3.59. The third-order valence-corrected chi connectivity index (χ3v) is 3.89. The van der Waals surface area contributed by atoms with Gasteiger partial charge in [0.25, 0.3) is 0 Å². The lowest BCUT2D eigenvalue weighted by atomic mass is 9.99. The monoisotopic (exact) mass is 275 g/mol. The summed E-state index contributed by atoms with van der Waals surface area (Å²) in [5.41, 5.74) is 1.43. The van der Waals surface area contributed by atoms with Crippen LogP contribution < -0.4 is 5.32 Å². The van der Waals surface area contributed by atoms with Crippen molar-refractivity contribution in [3.63, 3.8) is 0 Å². The van der Waals surface area contributed by atoms with E-state index in [1.165, 1.54) is 12.8 Å². The van der Waals surface area contributed by atoms with Crippen LogP contribution >= 0.6 is 0 Å². The smallest absolute Gasteiger partial charge is 0.337 e. The average molecular weight is 275 g/mol. The van der Waals surface area contributed by atoms with E-state index in [0.717, 1.165) is 31.2 Å². The molecule has 1 aromatic carbocycles. The molecule has 0 atom stereocenters. The standard InChI is InChI=1S/C16H21NO3/c1-11-8-9-14(13(10-11)16(19)20)17-15(18)12-6-4-2-3-5-7-12/h8-10,12H,2-7H2,1H3,(H,17,18)(H,19,20). The maximum atomic E-state index is 12.3. The van der Waals surface area contributed by atoms with Gasteiger partial charge in [0.05, 0.1) is 11.3 Å². The van der Waals surface area contributed by atoms with E-state index in [0.29, 0.717) is 5.69 Å². The predicted octanol–water partition coefficient (Wildman–Crippen LogP) is 3.60. The van der Waals surface area contributed by atoms with Gasteiger partial charge in [0.15, 0.2) is 0 Å². The van der Waals surface area contributed by atoms with Crippen LogP contribution in [0.15, 0.2) is 18.2 Å². The van der Waals surface area contributed by atoms with E-state index in [2.05, 4.69) is 5.32 Å². The van der Waals surface area contributed by atoms with E-state index in [1.54, 1.807) is 12.1 Å². The molecular formula is C16H21NO3. The first-order valence-electron chi connectivity index (χ1n) is 7.23. The number of nitrogens with one attached hydrogen (secondary N) is 1. The molecule has 4 heteroatoms. The highest BCUT2D eigenvalue weighted by atomic mass is 16.4. The van der Waals surface area contributed by atoms with Gasteiger partial charge in [-0.15, -0.1) is 0 Å². The highest BCUT2D eigenvalue weighted by Crippen LogP contribution is 2.25. The molecule has 1 fully saturated rings. The molecular weight excluding hydrogens is 254 g/mol. The first-order chi connectivity index (χ1) is 9.58. The number of benzene rings is 1. The van der Waals surface area contributed by atoms with Crippen LogP contribution in [0, 0.1) is 12.8 Å². The molecule has 0 spiro atoms. The summed E-state index contributed by atoms with van der Waals surface area (Å²) < 4.78 is 0. The highest BCUT2D eigenvalue weighted by Gasteiger charge is 2.21. The van der Waals surface area contributed by atoms with E-state index in [-0.39, 0.29) is 17.4 Å². The Labute approximate surface area is 119 Å². The molecule has 0 heterocycles. The fraction of sp³-hybridized carbons (Fsp3) is 0.500. The Morgan fingerprint density at radius 1 is 1.15 bits per heavy atom. The first kappa shape index (κ1) is 14.6. The number of carbonyl (C=O) groups excluding carboxylic acids is 1. The fourth-order valence-corrected chi connectivity index (χ4v) is 2.72. The molecule has 0 aromatic heterocycles. The number of hydrogen-bond acceptors (Lipinski definition) is 2. The fourth-order valence-electron chi connectivity index (χ4n) is 2.72. The zero-order valence-corrected chi connectivity index (χ0v) is 11.8. The molecule has 0 bridgehead atoms. The van der Waals surface area contributed by atoms with Crippen molar-refractivity contribution in [2.45, 2.75) is 45.4 Å². The molecule has 4 nitrogen and oxygen atoms in total. The normalized spacial score (nSPS) is 16.4. The largest absolute Gasteiger partial charge is 0.478 e. The van der Waals surface area contributed by atoms with Crippen LogP contribution in [0.2, 0.25) is 0 Å². The van der Waals surface area contributed by atoms with Crippen LogP contribution in [0.4, 0.5) is 5.69 Å². The summed E-state index contributed by atoms with van der Waals surface area (Å²) >= 11 is 0. The zero-order chi connectivity index (χ0) is 14.5. The number of carbonyl (C=O) groups is 2. The Morgan fingerprint density at radius 2 is 1.80 bits per heavy atom. The van der Waals surface area contributed by atoms with E-state index in [4.69, 9.17) is 0 Å². The summed E-state index contributed by atoms with van der Waals surface area (Å²) in [5.74, 6) is -1.04. The quantitative estimate of drug-likeness (QED) is 0.828. The molecule has 2 rings (SSSR count). The summed E-state index contributed by atoms with van der Waals surface area (Å²) in [7, 11) is 0. The van der Waals surface area contributed by atoms with E-state index >= 15 is 0 Å². The maximum absolute atomic E-state index is 12.3. The van der Waals surface area contributed by atoms with Crippen molar-refractivity contribution in [3.05, 3.63) is 29.3 Å². The Balaban J connectivity index is 2.12. The molecule has 0 aliphatic heterocycles. The van der Waals surface area contributed by atoms with Crippen molar-refractivity contribution in [3.8, 4) is 0 Å². The number of rotatable bonds is 3. The zero-order valence-electron chi connectivity index (χ0n) is 11.8. The molecule has 1 amide bonds. The molecule has 1 aliphatic rings. The number of carboxylic acid groups (broad SMARTS) is 1. The molecule has 108 valence electrons. The minimum absolute atomic E-state index is 0.0143. The minimum atomic E-state index is -1.01. The second kappa shape index (κ2) is 6.55. The van der Waals surface area contributed by atoms with Gasteiger partial charge in [0.2, 0.25) is 5.91 Å². The Hall–Kier alpha value is -1.84. The van der Waals surface area contributed by atoms with Gasteiger partial charge in [-0.25, -0.2) is 4.79 Å². The van der Waals surface area contributed by atoms with Crippen LogP contribution in [0.3, 0.4) is 0 Å². The van der Waals surface area contributed by atoms with E-state index in [1.807, 2.05) is 13.0 Å². The minimum Gasteiger partial charge on any atom is -0.478 e. The van der Waals surface area contributed by atoms with Gasteiger partial charge in [0.1, 0.15) is 0 Å². The highest BCUT2D eigenvalue weighted by molar-refractivity contribution is 6.01. The van der Waals surface area contributed by atoms with Crippen LogP contribution in [-0.4, -0.2) is 17.0 Å². The first-order valence-corrected chi connectivity index (χ1v) is 7.23. The number of aromatic carboxylic acids is 1. The maximum Gasteiger partial charge on any atom is 0.337 e. The molecule has 1 aromatic rings. The number of carboxylic acids is 1. The molecule has 1 aliphatic carbocycles. The number of hydrogen-bond donors (Lipinski definition) is 2. The van der Waals surface area contributed by atoms with Crippen molar-refractivity contribution in [2.75, 3.05) is 5.32 Å². The van der Waals surface area contributed by atoms with Gasteiger partial charge in [-0.1, -0.05) is 37.3 Å². The van der Waals surface area contributed by atoms with Crippen molar-refractivity contribution in [1.82, 2.24) is 0 Å². The Kier molecular flexibility index (Phi) is 4.77. The van der Waals surface area contributed by atoms with Gasteiger partial charge >= 0.3 is 5.97 Å². The lowest BCUT2D eigenvalue weighted by Crippen LogP contribution is -2.23. The summed E-state index contributed by atoms with van der Waals surface area (Å²) in [4.78, 5) is 23.5. The van der Waals surface area contributed by atoms with Crippen LogP contribution in [0.1, 0.15) is 54.4 Å². The van der Waals surface area contributed by atoms with Gasteiger partial charge in [-0.2, -0.15) is 0 Å². The van der Waals surface area contributed by atoms with Gasteiger partial charge in [0, 0.05) is 5.92 Å². The summed E-state index contributed by atoms with van der Waals surface area (Å²) in [6, 6.07) is 5.08. The molecule has 0 unspecified atom stereocenters. The Bertz CT molecular complexity index is 502. The lowest BCUT2D eigenvalue weighted by Gasteiger charge is -2.15. The molecule has 20 heavy (non-hydrogen) atoms. The van der Waals surface area contributed by atoms with E-state index in [9.17, 15) is 14.7 Å². The molecule has 1 saturated carbocycles. The van der Waals surface area contributed by atoms with Crippen LogP contribution in [0.25, 0.3) is 0 Å². The lowest BCUT2D eigenvalue weighted by molar-refractivity contribution is -0.120. The molecule has 2 N–H and O–H groups in total.